The van der Waals surface area contributed by atoms with Crippen LogP contribution in [0.2, 0.25) is 0 Å². The van der Waals surface area contributed by atoms with E-state index in [9.17, 15) is 4.79 Å². The molecule has 1 aromatic carbocycles. The van der Waals surface area contributed by atoms with Crippen molar-refractivity contribution < 1.29 is 4.79 Å². The number of carbonyl (C=O) groups excluding carboxylic acids is 1. The van der Waals surface area contributed by atoms with Crippen LogP contribution in [0.3, 0.4) is 0 Å². The predicted octanol–water partition coefficient (Wildman–Crippen LogP) is 3.47. The van der Waals surface area contributed by atoms with Gasteiger partial charge in [0.15, 0.2) is 0 Å². The van der Waals surface area contributed by atoms with Gasteiger partial charge >= 0.3 is 0 Å². The number of anilines is 1. The van der Waals surface area contributed by atoms with Gasteiger partial charge in [0.25, 0.3) is 0 Å². The van der Waals surface area contributed by atoms with Crippen LogP contribution in [-0.2, 0) is 0 Å². The molecule has 2 nitrogen and oxygen atoms in total. The molecule has 3 heteroatoms. The average Bonchev–Trinajstić information content (AvgIpc) is 2.31. The predicted molar refractivity (Wildman–Crippen MR) is 69.6 cm³/mol. The summed E-state index contributed by atoms with van der Waals surface area (Å²) in [5.74, 6) is 0. The number of thioether (sulfide) groups is 1. The first-order chi connectivity index (χ1) is 7.75. The number of rotatable bonds is 2. The van der Waals surface area contributed by atoms with Crippen molar-refractivity contribution >= 4 is 22.6 Å². The van der Waals surface area contributed by atoms with Crippen molar-refractivity contribution in [3.05, 3.63) is 29.8 Å². The second kappa shape index (κ2) is 5.39. The monoisotopic (exact) mass is 235 g/mol. The summed E-state index contributed by atoms with van der Waals surface area (Å²) in [7, 11) is 0. The maximum atomic E-state index is 11.9. The van der Waals surface area contributed by atoms with E-state index in [1.807, 2.05) is 12.1 Å². The molecule has 2 N–H and O–H groups in total. The molecule has 0 atom stereocenters. The number of benzene rings is 1. The van der Waals surface area contributed by atoms with E-state index in [-0.39, 0.29) is 5.12 Å². The van der Waals surface area contributed by atoms with Crippen LogP contribution in [0.15, 0.2) is 24.3 Å². The molecule has 1 aromatic rings. The van der Waals surface area contributed by atoms with Gasteiger partial charge in [0.1, 0.15) is 0 Å². The fraction of sp³-hybridized carbons (Fsp3) is 0.462. The van der Waals surface area contributed by atoms with Crippen molar-refractivity contribution in [2.45, 2.75) is 37.4 Å². The molecule has 0 aliphatic heterocycles. The van der Waals surface area contributed by atoms with Crippen LogP contribution >= 0.6 is 11.8 Å². The van der Waals surface area contributed by atoms with Crippen LogP contribution < -0.4 is 5.73 Å². The van der Waals surface area contributed by atoms with Gasteiger partial charge in [-0.15, -0.1) is 0 Å². The van der Waals surface area contributed by atoms with Crippen LogP contribution in [0.25, 0.3) is 0 Å². The van der Waals surface area contributed by atoms with Crippen LogP contribution in [0.4, 0.5) is 5.69 Å². The highest BCUT2D eigenvalue weighted by Crippen LogP contribution is 2.30. The molecule has 16 heavy (non-hydrogen) atoms. The molecular formula is C13H17NOS. The molecule has 2 rings (SSSR count). The molecule has 0 aromatic heterocycles. The zero-order valence-electron chi connectivity index (χ0n) is 9.32. The van der Waals surface area contributed by atoms with Crippen LogP contribution in [0, 0.1) is 0 Å². The van der Waals surface area contributed by atoms with E-state index in [1.165, 1.54) is 43.9 Å². The lowest BCUT2D eigenvalue weighted by atomic mass is 10.0. The Labute approximate surface area is 101 Å². The van der Waals surface area contributed by atoms with E-state index in [0.717, 1.165) is 5.56 Å². The van der Waals surface area contributed by atoms with Gasteiger partial charge in [-0.1, -0.05) is 31.0 Å². The molecule has 0 saturated heterocycles. The molecule has 0 amide bonds. The molecule has 1 aliphatic rings. The van der Waals surface area contributed by atoms with Crippen molar-refractivity contribution in [2.24, 2.45) is 0 Å². The van der Waals surface area contributed by atoms with Gasteiger partial charge in [-0.2, -0.15) is 0 Å². The molecular weight excluding hydrogens is 218 g/mol. The summed E-state index contributed by atoms with van der Waals surface area (Å²) >= 11 is 1.50. The Morgan fingerprint density at radius 1 is 1.12 bits per heavy atom. The van der Waals surface area contributed by atoms with Crippen LogP contribution in [0.5, 0.6) is 0 Å². The lowest BCUT2D eigenvalue weighted by Gasteiger charge is -2.19. The Kier molecular flexibility index (Phi) is 3.88. The summed E-state index contributed by atoms with van der Waals surface area (Å²) in [5.41, 5.74) is 7.07. The molecule has 86 valence electrons. The lowest BCUT2D eigenvalue weighted by Crippen LogP contribution is -2.11. The van der Waals surface area contributed by atoms with Crippen LogP contribution in [-0.4, -0.2) is 10.4 Å². The minimum atomic E-state index is 0.187. The number of hydrogen-bond donors (Lipinski definition) is 1. The summed E-state index contributed by atoms with van der Waals surface area (Å²) in [6.07, 6.45) is 6.24. The topological polar surface area (TPSA) is 43.1 Å². The Morgan fingerprint density at radius 3 is 2.38 bits per heavy atom. The summed E-state index contributed by atoms with van der Waals surface area (Å²) in [5, 5.41) is 0.714. The van der Waals surface area contributed by atoms with E-state index in [1.54, 1.807) is 12.1 Å². The van der Waals surface area contributed by atoms with Gasteiger partial charge in [0.2, 0.25) is 5.12 Å². The van der Waals surface area contributed by atoms with E-state index < -0.39 is 0 Å². The lowest BCUT2D eigenvalue weighted by molar-refractivity contribution is 0.108. The number of nitrogen functional groups attached to an aromatic ring is 1. The first-order valence-corrected chi connectivity index (χ1v) is 6.70. The van der Waals surface area contributed by atoms with Crippen LogP contribution in [0.1, 0.15) is 42.5 Å². The van der Waals surface area contributed by atoms with E-state index in [0.29, 0.717) is 10.9 Å². The van der Waals surface area contributed by atoms with Gasteiger partial charge < -0.3 is 5.73 Å². The smallest absolute Gasteiger partial charge is 0.219 e. The molecule has 1 aliphatic carbocycles. The zero-order valence-corrected chi connectivity index (χ0v) is 10.1. The SMILES string of the molecule is Nc1ccc(C(=O)SC2CCCCC2)cc1. The number of hydrogen-bond acceptors (Lipinski definition) is 3. The minimum Gasteiger partial charge on any atom is -0.399 e. The Hall–Kier alpha value is -0.960. The molecule has 0 spiro atoms. The second-order valence-corrected chi connectivity index (χ2v) is 5.56. The van der Waals surface area contributed by atoms with Crippen molar-refractivity contribution in [2.75, 3.05) is 5.73 Å². The third kappa shape index (κ3) is 3.01. The third-order valence-corrected chi connectivity index (χ3v) is 4.23. The Balaban J connectivity index is 1.94. The summed E-state index contributed by atoms with van der Waals surface area (Å²) < 4.78 is 0. The maximum absolute atomic E-state index is 11.9. The Morgan fingerprint density at radius 2 is 1.75 bits per heavy atom. The van der Waals surface area contributed by atoms with Gasteiger partial charge in [-0.25, -0.2) is 0 Å². The van der Waals surface area contributed by atoms with E-state index >= 15 is 0 Å². The molecule has 0 bridgehead atoms. The number of carbonyl (C=O) groups is 1. The van der Waals surface area contributed by atoms with E-state index in [2.05, 4.69) is 0 Å². The summed E-state index contributed by atoms with van der Waals surface area (Å²) in [4.78, 5) is 11.9. The van der Waals surface area contributed by atoms with Gasteiger partial charge in [-0.05, 0) is 37.1 Å². The van der Waals surface area contributed by atoms with Gasteiger partial charge in [0.05, 0.1) is 0 Å². The van der Waals surface area contributed by atoms with Gasteiger partial charge in [0, 0.05) is 16.5 Å². The minimum absolute atomic E-state index is 0.187. The molecule has 0 radical (unpaired) electrons. The fourth-order valence-electron chi connectivity index (χ4n) is 2.02. The highest BCUT2D eigenvalue weighted by atomic mass is 32.2. The Bertz CT molecular complexity index is 355. The highest BCUT2D eigenvalue weighted by molar-refractivity contribution is 8.14. The maximum Gasteiger partial charge on any atom is 0.219 e. The highest BCUT2D eigenvalue weighted by Gasteiger charge is 2.18. The third-order valence-electron chi connectivity index (χ3n) is 2.97. The fourth-order valence-corrected chi connectivity index (χ4v) is 3.17. The standard InChI is InChI=1S/C13H17NOS/c14-11-8-6-10(7-9-11)13(15)16-12-4-2-1-3-5-12/h6-9,12H,1-5,14H2. The number of nitrogens with two attached hydrogens (primary N) is 1. The van der Waals surface area contributed by atoms with Crippen molar-refractivity contribution in [3.8, 4) is 0 Å². The van der Waals surface area contributed by atoms with Crippen molar-refractivity contribution in [1.82, 2.24) is 0 Å². The van der Waals surface area contributed by atoms with Crippen molar-refractivity contribution in [1.29, 1.82) is 0 Å². The normalized spacial score (nSPS) is 17.2. The zero-order chi connectivity index (χ0) is 11.4. The molecule has 0 unspecified atom stereocenters. The first kappa shape index (κ1) is 11.5. The molecule has 1 fully saturated rings. The molecule has 0 heterocycles. The quantitative estimate of drug-likeness (QED) is 0.798. The van der Waals surface area contributed by atoms with Gasteiger partial charge in [-0.3, -0.25) is 4.79 Å². The average molecular weight is 235 g/mol. The largest absolute Gasteiger partial charge is 0.399 e. The van der Waals surface area contributed by atoms with E-state index in [4.69, 9.17) is 5.73 Å². The van der Waals surface area contributed by atoms with Crippen molar-refractivity contribution in [3.63, 3.8) is 0 Å². The second-order valence-electron chi connectivity index (χ2n) is 4.29. The molecule has 1 saturated carbocycles. The summed E-state index contributed by atoms with van der Waals surface area (Å²) in [6.45, 7) is 0. The first-order valence-electron chi connectivity index (χ1n) is 5.82. The summed E-state index contributed by atoms with van der Waals surface area (Å²) in [6, 6.07) is 7.20.